The quantitative estimate of drug-likeness (QED) is 0.0979. The average Bonchev–Trinajstić information content (AvgIpc) is 3.49. The van der Waals surface area contributed by atoms with Gasteiger partial charge in [0.05, 0.1) is 6.04 Å². The number of hydrogen-bond donors (Lipinski definition) is 5. The van der Waals surface area contributed by atoms with Crippen LogP contribution in [0.25, 0.3) is 0 Å². The lowest BCUT2D eigenvalue weighted by Crippen LogP contribution is -2.59. The summed E-state index contributed by atoms with van der Waals surface area (Å²) in [6, 6.07) is 5.82. The van der Waals surface area contributed by atoms with Crippen LogP contribution in [0.2, 0.25) is 0 Å². The molecule has 2 rings (SSSR count). The normalized spacial score (nSPS) is 16.4. The first-order chi connectivity index (χ1) is 21.3. The van der Waals surface area contributed by atoms with Crippen LogP contribution in [0.1, 0.15) is 78.7 Å². The number of guanidine groups is 1. The van der Waals surface area contributed by atoms with Crippen molar-refractivity contribution in [1.82, 2.24) is 20.9 Å². The second-order valence-electron chi connectivity index (χ2n) is 12.1. The zero-order valence-electron chi connectivity index (χ0n) is 27.2. The lowest BCUT2D eigenvalue weighted by atomic mass is 9.99. The number of amides is 4. The summed E-state index contributed by atoms with van der Waals surface area (Å²) >= 11 is 0. The number of nitrogens with zero attached hydrogens (tertiary/aromatic N) is 2. The van der Waals surface area contributed by atoms with Crippen LogP contribution in [0.15, 0.2) is 35.3 Å². The smallest absolute Gasteiger partial charge is 0.408 e. The van der Waals surface area contributed by atoms with Crippen LogP contribution in [-0.2, 0) is 30.5 Å². The molecular formula is C32H51N7O6. The van der Waals surface area contributed by atoms with E-state index in [-0.39, 0.29) is 36.6 Å². The summed E-state index contributed by atoms with van der Waals surface area (Å²) in [4.78, 5) is 71.3. The van der Waals surface area contributed by atoms with Crippen LogP contribution in [-0.4, -0.2) is 77.7 Å². The van der Waals surface area contributed by atoms with E-state index in [0.29, 0.717) is 45.2 Å². The molecule has 0 spiro atoms. The predicted molar refractivity (Wildman–Crippen MR) is 172 cm³/mol. The molecule has 1 aromatic rings. The molecule has 1 aliphatic heterocycles. The van der Waals surface area contributed by atoms with Crippen LogP contribution in [0.3, 0.4) is 0 Å². The van der Waals surface area contributed by atoms with Gasteiger partial charge in [0.1, 0.15) is 24.7 Å². The highest BCUT2D eigenvalue weighted by molar-refractivity contribution is 5.96. The Labute approximate surface area is 266 Å². The monoisotopic (exact) mass is 629 g/mol. The van der Waals surface area contributed by atoms with E-state index in [1.54, 1.807) is 20.8 Å². The molecule has 0 aliphatic carbocycles. The zero-order chi connectivity index (χ0) is 33.5. The summed E-state index contributed by atoms with van der Waals surface area (Å²) in [6.45, 7) is 9.90. The summed E-state index contributed by atoms with van der Waals surface area (Å²) in [7, 11) is 0. The van der Waals surface area contributed by atoms with Gasteiger partial charge in [0.2, 0.25) is 17.7 Å². The lowest BCUT2D eigenvalue weighted by molar-refractivity contribution is -0.143. The van der Waals surface area contributed by atoms with E-state index in [4.69, 9.17) is 16.2 Å². The highest BCUT2D eigenvalue weighted by atomic mass is 16.5. The van der Waals surface area contributed by atoms with Gasteiger partial charge in [-0.2, -0.15) is 0 Å². The summed E-state index contributed by atoms with van der Waals surface area (Å²) in [5.41, 5.74) is 11.6. The maximum atomic E-state index is 13.8. The largest absolute Gasteiger partial charge is 0.445 e. The molecule has 1 aromatic carbocycles. The fourth-order valence-electron chi connectivity index (χ4n) is 5.19. The van der Waals surface area contributed by atoms with Crippen molar-refractivity contribution in [3.63, 3.8) is 0 Å². The van der Waals surface area contributed by atoms with Crippen LogP contribution in [0, 0.1) is 11.8 Å². The maximum Gasteiger partial charge on any atom is 0.408 e. The summed E-state index contributed by atoms with van der Waals surface area (Å²) < 4.78 is 5.32. The topological polar surface area (TPSA) is 198 Å². The molecule has 0 aromatic heterocycles. The first kappa shape index (κ1) is 37.0. The Morgan fingerprint density at radius 3 is 2.29 bits per heavy atom. The molecule has 13 heteroatoms. The highest BCUT2D eigenvalue weighted by Gasteiger charge is 2.40. The van der Waals surface area contributed by atoms with Gasteiger partial charge in [-0.1, -0.05) is 65.0 Å². The third-order valence-electron chi connectivity index (χ3n) is 7.60. The molecule has 7 N–H and O–H groups in total. The van der Waals surface area contributed by atoms with E-state index >= 15 is 0 Å². The first-order valence-electron chi connectivity index (χ1n) is 15.8. The fraction of sp³-hybridized carbons (Fsp3) is 0.625. The van der Waals surface area contributed by atoms with Crippen molar-refractivity contribution in [3.8, 4) is 0 Å². The van der Waals surface area contributed by atoms with E-state index in [1.165, 1.54) is 4.90 Å². The van der Waals surface area contributed by atoms with E-state index < -0.39 is 48.0 Å². The second-order valence-corrected chi connectivity index (χ2v) is 12.1. The molecule has 1 fully saturated rings. The van der Waals surface area contributed by atoms with Crippen molar-refractivity contribution < 1.29 is 28.7 Å². The molecule has 0 radical (unpaired) electrons. The Hall–Kier alpha value is -4.16. The molecular weight excluding hydrogens is 578 g/mol. The number of benzene rings is 1. The van der Waals surface area contributed by atoms with Gasteiger partial charge in [-0.25, -0.2) is 4.79 Å². The van der Waals surface area contributed by atoms with Crippen LogP contribution < -0.4 is 27.4 Å². The molecule has 0 unspecified atom stereocenters. The molecule has 0 bridgehead atoms. The third kappa shape index (κ3) is 12.4. The number of ether oxygens (including phenoxy) is 1. The van der Waals surface area contributed by atoms with E-state index in [0.717, 1.165) is 5.56 Å². The lowest BCUT2D eigenvalue weighted by Gasteiger charge is -2.32. The number of carbonyl (C=O) groups excluding carboxylic acids is 5. The Morgan fingerprint density at radius 1 is 1.00 bits per heavy atom. The van der Waals surface area contributed by atoms with Crippen LogP contribution >= 0.6 is 0 Å². The third-order valence-corrected chi connectivity index (χ3v) is 7.60. The molecule has 45 heavy (non-hydrogen) atoms. The second kappa shape index (κ2) is 18.6. The van der Waals surface area contributed by atoms with Gasteiger partial charge < -0.3 is 37.1 Å². The standard InChI is InChI=1S/C32H51N7O6/c1-6-26(40)23(14-10-16-35-31(33)34)36-29(42)25-15-11-17-39(25)30(43)27(21(4)5)38-28(41)24(18-20(2)3)37-32(44)45-19-22-12-8-7-9-13-22/h7-9,12-13,20-21,23-25,27H,6,10-11,14-19H2,1-5H3,(H,36,42)(H,37,44)(H,38,41)(H4,33,34,35)/t23-,24-,25-,27-/m0/s1. The Bertz CT molecular complexity index is 1170. The van der Waals surface area contributed by atoms with Crippen molar-refractivity contribution in [1.29, 1.82) is 0 Å². The molecule has 1 heterocycles. The van der Waals surface area contributed by atoms with Crippen molar-refractivity contribution in [2.75, 3.05) is 13.1 Å². The number of Topliss-reactive ketones (excluding diaryl/α,β-unsaturated/α-hetero) is 1. The van der Waals surface area contributed by atoms with Gasteiger partial charge in [-0.15, -0.1) is 0 Å². The average molecular weight is 630 g/mol. The number of carbonyl (C=O) groups is 5. The number of aliphatic imine (C=N–C) groups is 1. The Balaban J connectivity index is 2.10. The molecule has 250 valence electrons. The summed E-state index contributed by atoms with van der Waals surface area (Å²) in [5.74, 6) is -1.72. The number of ketones is 1. The van der Waals surface area contributed by atoms with Crippen molar-refractivity contribution in [2.24, 2.45) is 28.3 Å². The molecule has 13 nitrogen and oxygen atoms in total. The van der Waals surface area contributed by atoms with Gasteiger partial charge >= 0.3 is 6.09 Å². The highest BCUT2D eigenvalue weighted by Crippen LogP contribution is 2.21. The number of likely N-dealkylation sites (tertiary alicyclic amines) is 1. The summed E-state index contributed by atoms with van der Waals surface area (Å²) in [5, 5.41) is 8.31. The number of nitrogens with one attached hydrogen (secondary N) is 3. The SMILES string of the molecule is CCC(=O)[C@H](CCCN=C(N)N)NC(=O)[C@@H]1CCCN1C(=O)[C@@H](NC(=O)[C@H](CC(C)C)NC(=O)OCc1ccccc1)C(C)C. The number of hydrogen-bond acceptors (Lipinski definition) is 7. The molecule has 1 aliphatic rings. The van der Waals surface area contributed by atoms with Gasteiger partial charge in [-0.3, -0.25) is 24.2 Å². The van der Waals surface area contributed by atoms with E-state index in [9.17, 15) is 24.0 Å². The van der Waals surface area contributed by atoms with Crippen LogP contribution in [0.4, 0.5) is 4.79 Å². The van der Waals surface area contributed by atoms with Gasteiger partial charge in [0.15, 0.2) is 11.7 Å². The number of alkyl carbamates (subject to hydrolysis) is 1. The van der Waals surface area contributed by atoms with Gasteiger partial charge in [0, 0.05) is 19.5 Å². The molecule has 0 saturated carbocycles. The molecule has 4 amide bonds. The van der Waals surface area contributed by atoms with Crippen molar-refractivity contribution in [3.05, 3.63) is 35.9 Å². The van der Waals surface area contributed by atoms with Gasteiger partial charge in [-0.05, 0) is 49.5 Å². The Kier molecular flexibility index (Phi) is 15.3. The zero-order valence-corrected chi connectivity index (χ0v) is 27.2. The minimum absolute atomic E-state index is 0.0430. The van der Waals surface area contributed by atoms with Crippen molar-refractivity contribution >= 4 is 35.6 Å². The van der Waals surface area contributed by atoms with E-state index in [2.05, 4.69) is 20.9 Å². The fourth-order valence-corrected chi connectivity index (χ4v) is 5.19. The predicted octanol–water partition coefficient (Wildman–Crippen LogP) is 1.98. The number of rotatable bonds is 17. The maximum absolute atomic E-state index is 13.8. The minimum Gasteiger partial charge on any atom is -0.445 e. The van der Waals surface area contributed by atoms with Crippen molar-refractivity contribution in [2.45, 2.75) is 104 Å². The first-order valence-corrected chi connectivity index (χ1v) is 15.8. The number of nitrogens with two attached hydrogens (primary N) is 2. The molecule has 4 atom stereocenters. The molecule has 1 saturated heterocycles. The van der Waals surface area contributed by atoms with E-state index in [1.807, 2.05) is 44.2 Å². The summed E-state index contributed by atoms with van der Waals surface area (Å²) in [6.07, 6.45) is 1.72. The Morgan fingerprint density at radius 2 is 1.69 bits per heavy atom. The van der Waals surface area contributed by atoms with Crippen LogP contribution in [0.5, 0.6) is 0 Å². The van der Waals surface area contributed by atoms with Gasteiger partial charge in [0.25, 0.3) is 0 Å². The minimum atomic E-state index is -0.935.